The molecule has 0 saturated heterocycles. The van der Waals surface area contributed by atoms with Crippen LogP contribution in [0.4, 0.5) is 0 Å². The van der Waals surface area contributed by atoms with Gasteiger partial charge in [-0.05, 0) is 0 Å². The van der Waals surface area contributed by atoms with Gasteiger partial charge in [-0.2, -0.15) is 0 Å². The Balaban J connectivity index is 2.77. The Kier molecular flexibility index (Phi) is 4.41. The van der Waals surface area contributed by atoms with Crippen molar-refractivity contribution in [2.45, 2.75) is 6.42 Å². The second-order valence-corrected chi connectivity index (χ2v) is 3.55. The Bertz CT molecular complexity index is 531. The first-order valence-corrected chi connectivity index (χ1v) is 5.10. The van der Waals surface area contributed by atoms with Crippen molar-refractivity contribution >= 4 is 11.9 Å². The normalized spacial score (nSPS) is 9.89. The molecule has 1 rings (SSSR count). The van der Waals surface area contributed by atoms with Crippen LogP contribution in [-0.4, -0.2) is 47.4 Å². The van der Waals surface area contributed by atoms with E-state index >= 15 is 0 Å². The first kappa shape index (κ1) is 13.7. The summed E-state index contributed by atoms with van der Waals surface area (Å²) in [6.07, 6.45) is 0.0339. The number of ether oxygens (including phenoxy) is 1. The number of carbonyl (C=O) groups excluding carboxylic acids is 2. The second kappa shape index (κ2) is 5.80. The highest BCUT2D eigenvalue weighted by Gasteiger charge is 2.14. The zero-order valence-electron chi connectivity index (χ0n) is 9.98. The van der Waals surface area contributed by atoms with E-state index < -0.39 is 23.1 Å². The van der Waals surface area contributed by atoms with Crippen LogP contribution in [0.5, 0.6) is 0 Å². The number of amides is 1. The summed E-state index contributed by atoms with van der Waals surface area (Å²) < 4.78 is 4.43. The van der Waals surface area contributed by atoms with Crippen LogP contribution in [0.25, 0.3) is 0 Å². The van der Waals surface area contributed by atoms with Gasteiger partial charge in [-0.15, -0.1) is 0 Å². The van der Waals surface area contributed by atoms with Gasteiger partial charge < -0.3 is 14.6 Å². The number of hydrogen-bond donors (Lipinski definition) is 2. The van der Waals surface area contributed by atoms with Crippen LogP contribution in [-0.2, 0) is 9.53 Å². The van der Waals surface area contributed by atoms with Gasteiger partial charge in [-0.3, -0.25) is 19.4 Å². The molecule has 0 aliphatic rings. The second-order valence-electron chi connectivity index (χ2n) is 3.55. The average molecular weight is 255 g/mol. The lowest BCUT2D eigenvalue weighted by Crippen LogP contribution is -2.33. The molecule has 0 aliphatic heterocycles. The van der Waals surface area contributed by atoms with Crippen molar-refractivity contribution in [1.82, 2.24) is 14.9 Å². The summed E-state index contributed by atoms with van der Waals surface area (Å²) in [6.45, 7) is 0.125. The first-order valence-electron chi connectivity index (χ1n) is 5.10. The highest BCUT2D eigenvalue weighted by molar-refractivity contribution is 5.92. The van der Waals surface area contributed by atoms with Crippen molar-refractivity contribution in [3.05, 3.63) is 32.6 Å². The molecule has 1 aromatic heterocycles. The van der Waals surface area contributed by atoms with Crippen molar-refractivity contribution in [1.29, 1.82) is 0 Å². The van der Waals surface area contributed by atoms with Gasteiger partial charge in [0, 0.05) is 19.7 Å². The number of carbonyl (C=O) groups is 2. The van der Waals surface area contributed by atoms with E-state index in [0.717, 1.165) is 6.07 Å². The van der Waals surface area contributed by atoms with E-state index in [0.29, 0.717) is 0 Å². The molecule has 2 N–H and O–H groups in total. The Morgan fingerprint density at radius 1 is 1.33 bits per heavy atom. The summed E-state index contributed by atoms with van der Waals surface area (Å²) in [6, 6.07) is 0.984. The Hall–Kier alpha value is -2.38. The molecule has 0 saturated carbocycles. The van der Waals surface area contributed by atoms with Gasteiger partial charge in [-0.1, -0.05) is 0 Å². The minimum absolute atomic E-state index is 0.0339. The molecule has 98 valence electrons. The van der Waals surface area contributed by atoms with Crippen molar-refractivity contribution in [3.63, 3.8) is 0 Å². The minimum atomic E-state index is -0.757. The van der Waals surface area contributed by atoms with Gasteiger partial charge in [0.25, 0.3) is 11.5 Å². The first-order chi connectivity index (χ1) is 8.43. The predicted octanol–water partition coefficient (Wildman–Crippen LogP) is -1.30. The zero-order chi connectivity index (χ0) is 13.7. The monoisotopic (exact) mass is 255 g/mol. The maximum absolute atomic E-state index is 11.8. The largest absolute Gasteiger partial charge is 0.469 e. The number of methoxy groups -OCH3 is 1. The van der Waals surface area contributed by atoms with Crippen LogP contribution in [0.2, 0.25) is 0 Å². The van der Waals surface area contributed by atoms with E-state index in [1.807, 2.05) is 4.98 Å². The maximum atomic E-state index is 11.8. The highest BCUT2D eigenvalue weighted by atomic mass is 16.5. The van der Waals surface area contributed by atoms with Gasteiger partial charge in [0.05, 0.1) is 13.5 Å². The molecule has 18 heavy (non-hydrogen) atoms. The Labute approximate surface area is 102 Å². The number of rotatable bonds is 4. The number of H-pyrrole nitrogens is 2. The van der Waals surface area contributed by atoms with Crippen LogP contribution >= 0.6 is 0 Å². The number of nitrogens with zero attached hydrogens (tertiary/aromatic N) is 1. The average Bonchev–Trinajstić information content (AvgIpc) is 2.33. The van der Waals surface area contributed by atoms with Crippen molar-refractivity contribution < 1.29 is 14.3 Å². The fraction of sp³-hybridized carbons (Fsp3) is 0.400. The number of aromatic amines is 2. The molecule has 0 fully saturated rings. The third kappa shape index (κ3) is 3.58. The van der Waals surface area contributed by atoms with E-state index in [-0.39, 0.29) is 18.7 Å². The van der Waals surface area contributed by atoms with E-state index in [9.17, 15) is 19.2 Å². The van der Waals surface area contributed by atoms with Gasteiger partial charge in [0.1, 0.15) is 5.69 Å². The molecule has 0 aromatic carbocycles. The third-order valence-corrected chi connectivity index (χ3v) is 2.22. The SMILES string of the molecule is COC(=O)CCN(C)C(=O)c1cc(=O)[nH]c(=O)[nH]1. The van der Waals surface area contributed by atoms with E-state index in [1.54, 1.807) is 0 Å². The molecular weight excluding hydrogens is 242 g/mol. The lowest BCUT2D eigenvalue weighted by Gasteiger charge is -2.15. The Morgan fingerprint density at radius 2 is 2.00 bits per heavy atom. The quantitative estimate of drug-likeness (QED) is 0.649. The lowest BCUT2D eigenvalue weighted by atomic mass is 10.3. The highest BCUT2D eigenvalue weighted by Crippen LogP contribution is 1.97. The van der Waals surface area contributed by atoms with Gasteiger partial charge in [-0.25, -0.2) is 4.79 Å². The fourth-order valence-corrected chi connectivity index (χ4v) is 1.25. The smallest absolute Gasteiger partial charge is 0.326 e. The van der Waals surface area contributed by atoms with Gasteiger partial charge >= 0.3 is 11.7 Å². The summed E-state index contributed by atoms with van der Waals surface area (Å²) in [5.41, 5.74) is -1.55. The van der Waals surface area contributed by atoms with Crippen molar-refractivity contribution in [2.75, 3.05) is 20.7 Å². The molecule has 0 radical (unpaired) electrons. The molecular formula is C10H13N3O5. The zero-order valence-corrected chi connectivity index (χ0v) is 9.98. The van der Waals surface area contributed by atoms with Crippen LogP contribution in [0.15, 0.2) is 15.7 Å². The van der Waals surface area contributed by atoms with Crippen LogP contribution in [0.1, 0.15) is 16.9 Å². The molecule has 8 nitrogen and oxygen atoms in total. The topological polar surface area (TPSA) is 112 Å². The van der Waals surface area contributed by atoms with E-state index in [4.69, 9.17) is 0 Å². The number of hydrogen-bond acceptors (Lipinski definition) is 5. The predicted molar refractivity (Wildman–Crippen MR) is 61.3 cm³/mol. The molecule has 1 aromatic rings. The summed E-state index contributed by atoms with van der Waals surface area (Å²) in [5.74, 6) is -1.00. The molecule has 1 heterocycles. The molecule has 0 aliphatic carbocycles. The molecule has 0 bridgehead atoms. The molecule has 8 heteroatoms. The molecule has 0 atom stereocenters. The minimum Gasteiger partial charge on any atom is -0.469 e. The van der Waals surface area contributed by atoms with Crippen LogP contribution < -0.4 is 11.2 Å². The van der Waals surface area contributed by atoms with Crippen LogP contribution in [0.3, 0.4) is 0 Å². The van der Waals surface area contributed by atoms with Crippen molar-refractivity contribution in [3.8, 4) is 0 Å². The summed E-state index contributed by atoms with van der Waals surface area (Å²) in [5, 5.41) is 0. The van der Waals surface area contributed by atoms with Crippen LogP contribution in [0, 0.1) is 0 Å². The lowest BCUT2D eigenvalue weighted by molar-refractivity contribution is -0.140. The van der Waals surface area contributed by atoms with Gasteiger partial charge in [0.2, 0.25) is 0 Å². The molecule has 0 unspecified atom stereocenters. The molecule has 0 spiro atoms. The summed E-state index contributed by atoms with van der Waals surface area (Å²) in [4.78, 5) is 50.1. The fourth-order valence-electron chi connectivity index (χ4n) is 1.25. The standard InChI is InChI=1S/C10H13N3O5/c1-13(4-3-8(15)18-2)9(16)6-5-7(14)12-10(17)11-6/h5H,3-4H2,1-2H3,(H2,11,12,14,17). The number of nitrogens with one attached hydrogen (secondary N) is 2. The van der Waals surface area contributed by atoms with E-state index in [1.165, 1.54) is 19.1 Å². The van der Waals surface area contributed by atoms with Gasteiger partial charge in [0.15, 0.2) is 0 Å². The third-order valence-electron chi connectivity index (χ3n) is 2.22. The van der Waals surface area contributed by atoms with E-state index in [2.05, 4.69) is 9.72 Å². The number of aromatic nitrogens is 2. The number of esters is 1. The summed E-state index contributed by atoms with van der Waals surface area (Å²) in [7, 11) is 2.70. The van der Waals surface area contributed by atoms with Crippen molar-refractivity contribution in [2.24, 2.45) is 0 Å². The molecule has 1 amide bonds. The Morgan fingerprint density at radius 3 is 2.56 bits per heavy atom. The maximum Gasteiger partial charge on any atom is 0.326 e. The summed E-state index contributed by atoms with van der Waals surface area (Å²) >= 11 is 0.